The molecule has 0 amide bonds. The fourth-order valence-electron chi connectivity index (χ4n) is 2.75. The summed E-state index contributed by atoms with van der Waals surface area (Å²) in [5.41, 5.74) is 1.69. The Morgan fingerprint density at radius 3 is 2.33 bits per heavy atom. The fraction of sp³-hybridized carbons (Fsp3) is 0.562. The zero-order chi connectivity index (χ0) is 15.3. The fourth-order valence-corrected chi connectivity index (χ4v) is 2.75. The number of hydrogen-bond donors (Lipinski definition) is 0. The van der Waals surface area contributed by atoms with Gasteiger partial charge in [-0.25, -0.2) is 4.98 Å². The molecule has 3 rings (SSSR count). The summed E-state index contributed by atoms with van der Waals surface area (Å²) in [6.45, 7) is 8.34. The van der Waals surface area contributed by atoms with Crippen molar-refractivity contribution in [1.82, 2.24) is 9.55 Å². The van der Waals surface area contributed by atoms with E-state index in [0.717, 1.165) is 24.1 Å². The molecule has 5 heteroatoms. The summed E-state index contributed by atoms with van der Waals surface area (Å²) in [7, 11) is 1.91. The first kappa shape index (κ1) is 14.6. The van der Waals surface area contributed by atoms with E-state index in [1.165, 1.54) is 5.52 Å². The zero-order valence-electron chi connectivity index (χ0n) is 13.5. The Morgan fingerprint density at radius 1 is 1.10 bits per heavy atom. The third-order valence-electron chi connectivity index (χ3n) is 4.79. The van der Waals surface area contributed by atoms with Gasteiger partial charge in [0.2, 0.25) is 0 Å². The number of nitrogens with zero attached hydrogens (tertiary/aromatic N) is 2. The van der Waals surface area contributed by atoms with E-state index in [2.05, 4.69) is 45.4 Å². The van der Waals surface area contributed by atoms with Gasteiger partial charge in [-0.2, -0.15) is 0 Å². The van der Waals surface area contributed by atoms with Gasteiger partial charge in [0.25, 0.3) is 0 Å². The number of hydrogen-bond acceptors (Lipinski definition) is 3. The van der Waals surface area contributed by atoms with Crippen molar-refractivity contribution in [2.75, 3.05) is 0 Å². The topological polar surface area (TPSA) is 36.3 Å². The van der Waals surface area contributed by atoms with Crippen molar-refractivity contribution in [3.8, 4) is 0 Å². The monoisotopic (exact) mass is 286 g/mol. The van der Waals surface area contributed by atoms with Gasteiger partial charge < -0.3 is 13.9 Å². The third-order valence-corrected chi connectivity index (χ3v) is 4.79. The van der Waals surface area contributed by atoms with Crippen LogP contribution in [-0.4, -0.2) is 27.9 Å². The first-order chi connectivity index (χ1) is 9.80. The molecule has 0 aliphatic carbocycles. The zero-order valence-corrected chi connectivity index (χ0v) is 13.5. The molecule has 1 aromatic heterocycles. The minimum absolute atomic E-state index is 0.158. The van der Waals surface area contributed by atoms with Crippen molar-refractivity contribution in [3.05, 3.63) is 30.1 Å². The molecule has 0 bridgehead atoms. The summed E-state index contributed by atoms with van der Waals surface area (Å²) in [5.74, 6) is 1.07. The Kier molecular flexibility index (Phi) is 3.37. The number of fused-ring (bicyclic) bond motifs is 1. The van der Waals surface area contributed by atoms with E-state index < -0.39 is 0 Å². The highest BCUT2D eigenvalue weighted by Crippen LogP contribution is 2.37. The van der Waals surface area contributed by atoms with E-state index in [0.29, 0.717) is 0 Å². The van der Waals surface area contributed by atoms with E-state index in [-0.39, 0.29) is 18.3 Å². The molecule has 4 nitrogen and oxygen atoms in total. The summed E-state index contributed by atoms with van der Waals surface area (Å²) >= 11 is 0. The molecule has 0 saturated carbocycles. The standard InChI is InChI=1S/C16H23BN2O2/c1-15(2)16(3,4)21-17(20-15)11-10-14-18-12-8-6-7-9-13(12)19(14)5/h6-9H,10-11H2,1-5H3. The lowest BCUT2D eigenvalue weighted by molar-refractivity contribution is 0.00578. The lowest BCUT2D eigenvalue weighted by atomic mass is 9.83. The minimum Gasteiger partial charge on any atom is -0.403 e. The maximum atomic E-state index is 6.04. The molecule has 0 spiro atoms. The SMILES string of the molecule is Cn1c(CCB2OC(C)(C)C(C)(C)O2)nc2ccccc21. The molecular formula is C16H23BN2O2. The largest absolute Gasteiger partial charge is 0.458 e. The van der Waals surface area contributed by atoms with Crippen LogP contribution in [0.5, 0.6) is 0 Å². The molecule has 2 aromatic rings. The second-order valence-corrected chi connectivity index (χ2v) is 6.80. The number of benzene rings is 1. The summed E-state index contributed by atoms with van der Waals surface area (Å²) in [4.78, 5) is 4.70. The molecule has 1 aliphatic heterocycles. The molecule has 1 saturated heterocycles. The van der Waals surface area contributed by atoms with Crippen LogP contribution in [0, 0.1) is 0 Å². The van der Waals surface area contributed by atoms with Crippen molar-refractivity contribution in [2.24, 2.45) is 7.05 Å². The van der Waals surface area contributed by atoms with Gasteiger partial charge in [0.1, 0.15) is 5.82 Å². The molecule has 1 aliphatic rings. The second-order valence-electron chi connectivity index (χ2n) is 6.80. The molecule has 2 heterocycles. The molecule has 1 fully saturated rings. The van der Waals surface area contributed by atoms with Gasteiger partial charge in [-0.1, -0.05) is 12.1 Å². The highest BCUT2D eigenvalue weighted by atomic mass is 16.7. The summed E-state index contributed by atoms with van der Waals surface area (Å²) in [6.07, 6.45) is 1.67. The van der Waals surface area contributed by atoms with Gasteiger partial charge in [0, 0.05) is 13.5 Å². The second kappa shape index (κ2) is 4.85. The van der Waals surface area contributed by atoms with Crippen LogP contribution < -0.4 is 0 Å². The first-order valence-corrected chi connectivity index (χ1v) is 7.56. The molecular weight excluding hydrogens is 263 g/mol. The van der Waals surface area contributed by atoms with Crippen LogP contribution in [0.2, 0.25) is 6.32 Å². The van der Waals surface area contributed by atoms with Crippen LogP contribution in [0.3, 0.4) is 0 Å². The number of aryl methyl sites for hydroxylation is 2. The van der Waals surface area contributed by atoms with Crippen molar-refractivity contribution < 1.29 is 9.31 Å². The normalized spacial score (nSPS) is 20.3. The van der Waals surface area contributed by atoms with Crippen LogP contribution in [0.1, 0.15) is 33.5 Å². The Labute approximate surface area is 126 Å². The van der Waals surface area contributed by atoms with Crippen molar-refractivity contribution in [3.63, 3.8) is 0 Å². The van der Waals surface area contributed by atoms with Gasteiger partial charge in [-0.15, -0.1) is 0 Å². The van der Waals surface area contributed by atoms with Crippen molar-refractivity contribution in [2.45, 2.75) is 51.6 Å². The molecule has 0 unspecified atom stereocenters. The van der Waals surface area contributed by atoms with Crippen molar-refractivity contribution in [1.29, 1.82) is 0 Å². The van der Waals surface area contributed by atoms with E-state index in [9.17, 15) is 0 Å². The van der Waals surface area contributed by atoms with Gasteiger partial charge >= 0.3 is 7.12 Å². The van der Waals surface area contributed by atoms with Crippen LogP contribution >= 0.6 is 0 Å². The number of aromatic nitrogens is 2. The van der Waals surface area contributed by atoms with E-state index in [1.807, 2.05) is 18.2 Å². The predicted octanol–water partition coefficient (Wildman–Crippen LogP) is 3.21. The molecule has 0 radical (unpaired) electrons. The Hall–Kier alpha value is -1.33. The van der Waals surface area contributed by atoms with E-state index >= 15 is 0 Å². The smallest absolute Gasteiger partial charge is 0.403 e. The summed E-state index contributed by atoms with van der Waals surface area (Å²) in [6, 6.07) is 8.21. The Balaban J connectivity index is 1.72. The van der Waals surface area contributed by atoms with E-state index in [4.69, 9.17) is 14.3 Å². The summed E-state index contributed by atoms with van der Waals surface area (Å²) < 4.78 is 14.2. The highest BCUT2D eigenvalue weighted by Gasteiger charge is 2.50. The predicted molar refractivity (Wildman–Crippen MR) is 85.3 cm³/mol. The molecule has 0 atom stereocenters. The Bertz CT molecular complexity index is 647. The molecule has 21 heavy (non-hydrogen) atoms. The third kappa shape index (κ3) is 2.49. The summed E-state index contributed by atoms with van der Waals surface area (Å²) in [5, 5.41) is 0. The molecule has 0 N–H and O–H groups in total. The van der Waals surface area contributed by atoms with Crippen LogP contribution in [0.4, 0.5) is 0 Å². The number of imidazole rings is 1. The number of rotatable bonds is 3. The molecule has 1 aromatic carbocycles. The number of para-hydroxylation sites is 2. The van der Waals surface area contributed by atoms with Gasteiger partial charge in [0.15, 0.2) is 0 Å². The van der Waals surface area contributed by atoms with Crippen LogP contribution in [0.15, 0.2) is 24.3 Å². The average Bonchev–Trinajstić information content (AvgIpc) is 2.82. The lowest BCUT2D eigenvalue weighted by Crippen LogP contribution is -2.41. The van der Waals surface area contributed by atoms with Crippen LogP contribution in [-0.2, 0) is 22.8 Å². The van der Waals surface area contributed by atoms with Gasteiger partial charge in [-0.05, 0) is 46.1 Å². The minimum atomic E-state index is -0.260. The lowest BCUT2D eigenvalue weighted by Gasteiger charge is -2.32. The van der Waals surface area contributed by atoms with Crippen LogP contribution in [0.25, 0.3) is 11.0 Å². The van der Waals surface area contributed by atoms with Gasteiger partial charge in [0.05, 0.1) is 22.2 Å². The van der Waals surface area contributed by atoms with Gasteiger partial charge in [-0.3, -0.25) is 0 Å². The van der Waals surface area contributed by atoms with E-state index in [1.54, 1.807) is 0 Å². The Morgan fingerprint density at radius 2 is 1.71 bits per heavy atom. The highest BCUT2D eigenvalue weighted by molar-refractivity contribution is 6.45. The quantitative estimate of drug-likeness (QED) is 0.813. The first-order valence-electron chi connectivity index (χ1n) is 7.56. The maximum absolute atomic E-state index is 6.04. The average molecular weight is 286 g/mol. The van der Waals surface area contributed by atoms with Crippen molar-refractivity contribution >= 4 is 18.2 Å². The molecule has 112 valence electrons. The maximum Gasteiger partial charge on any atom is 0.458 e.